The van der Waals surface area contributed by atoms with Gasteiger partial charge >= 0.3 is 0 Å². The predicted molar refractivity (Wildman–Crippen MR) is 90.9 cm³/mol. The number of halogens is 2. The van der Waals surface area contributed by atoms with E-state index in [1.54, 1.807) is 12.4 Å². The molecule has 23 heavy (non-hydrogen) atoms. The zero-order chi connectivity index (χ0) is 15.2. The van der Waals surface area contributed by atoms with Crippen molar-refractivity contribution in [1.82, 2.24) is 10.4 Å². The standard InChI is InChI=1S/C16H20N4O.2ClH/c1-3-11(2)15(17)16(21)20-19-10-12-6-7-14-13(9-12)5-4-8-18-14;;/h4-11,15H,3,17H2,1-2H3,(H,20,21);2*1H/b19-10+;;/t11?,15-;;/m1../s1. The Balaban J connectivity index is 0.00000242. The molecule has 7 heteroatoms. The Hall–Kier alpha value is -1.69. The van der Waals surface area contributed by atoms with Gasteiger partial charge in [0, 0.05) is 17.5 Å². The van der Waals surface area contributed by atoms with E-state index in [9.17, 15) is 4.79 Å². The van der Waals surface area contributed by atoms with Crippen LogP contribution in [-0.2, 0) is 4.79 Å². The van der Waals surface area contributed by atoms with Gasteiger partial charge in [-0.25, -0.2) is 5.43 Å². The second kappa shape index (κ2) is 10.2. The number of quaternary nitrogens is 1. The van der Waals surface area contributed by atoms with E-state index in [-0.39, 0.29) is 42.7 Å². The maximum Gasteiger partial charge on any atom is 0.298 e. The molecule has 0 aliphatic rings. The number of pyridine rings is 1. The number of hydrogen-bond donors (Lipinski definition) is 2. The third-order valence-electron chi connectivity index (χ3n) is 3.68. The first-order valence-corrected chi connectivity index (χ1v) is 7.12. The van der Waals surface area contributed by atoms with Crippen LogP contribution in [0.3, 0.4) is 0 Å². The molecule has 4 N–H and O–H groups in total. The molecule has 0 bridgehead atoms. The Morgan fingerprint density at radius 2 is 2.17 bits per heavy atom. The number of fused-ring (bicyclic) bond motifs is 1. The molecule has 0 saturated heterocycles. The van der Waals surface area contributed by atoms with E-state index in [1.165, 1.54) is 0 Å². The highest BCUT2D eigenvalue weighted by molar-refractivity contribution is 5.89. The summed E-state index contributed by atoms with van der Waals surface area (Å²) in [6.07, 6.45) is 4.32. The molecule has 0 aliphatic carbocycles. The largest absolute Gasteiger partial charge is 1.00 e. The fourth-order valence-corrected chi connectivity index (χ4v) is 1.97. The van der Waals surface area contributed by atoms with Crippen LogP contribution in [0.25, 0.3) is 10.9 Å². The normalized spacial score (nSPS) is 13.0. The molecule has 0 radical (unpaired) electrons. The second-order valence-corrected chi connectivity index (χ2v) is 5.18. The monoisotopic (exact) mass is 356 g/mol. The summed E-state index contributed by atoms with van der Waals surface area (Å²) in [5, 5.41) is 5.05. The lowest BCUT2D eigenvalue weighted by Crippen LogP contribution is -3.00. The quantitative estimate of drug-likeness (QED) is 0.519. The minimum absolute atomic E-state index is 0. The van der Waals surface area contributed by atoms with E-state index in [0.717, 1.165) is 22.9 Å². The average Bonchev–Trinajstić information content (AvgIpc) is 2.53. The Bertz CT molecular complexity index is 663. The van der Waals surface area contributed by atoms with Gasteiger partial charge in [0.05, 0.1) is 11.7 Å². The smallest absolute Gasteiger partial charge is 0.298 e. The predicted octanol–water partition coefficient (Wildman–Crippen LogP) is -1.23. The molecule has 0 aliphatic heterocycles. The highest BCUT2D eigenvalue weighted by Crippen LogP contribution is 2.11. The van der Waals surface area contributed by atoms with Crippen LogP contribution in [0.4, 0.5) is 0 Å². The number of hydrazone groups is 1. The van der Waals surface area contributed by atoms with E-state index in [1.807, 2.05) is 44.2 Å². The van der Waals surface area contributed by atoms with E-state index >= 15 is 0 Å². The number of aromatic nitrogens is 1. The summed E-state index contributed by atoms with van der Waals surface area (Å²) in [5.41, 5.74) is 8.28. The minimum Gasteiger partial charge on any atom is -1.00 e. The number of nitrogens with one attached hydrogen (secondary N) is 1. The maximum atomic E-state index is 11.8. The lowest BCUT2D eigenvalue weighted by atomic mass is 10.00. The van der Waals surface area contributed by atoms with Gasteiger partial charge in [0.1, 0.15) is 0 Å². The highest BCUT2D eigenvalue weighted by atomic mass is 35.5. The summed E-state index contributed by atoms with van der Waals surface area (Å²) in [5.74, 6) is 0.0926. The van der Waals surface area contributed by atoms with Gasteiger partial charge in [0.25, 0.3) is 5.91 Å². The molecule has 1 aromatic carbocycles. The van der Waals surface area contributed by atoms with Crippen LogP contribution in [-0.4, -0.2) is 23.1 Å². The SMILES string of the molecule is CCC(C)[C@@H]([NH3+])C(=O)N/N=C/c1ccc2ncccc2c1.Cl.[Cl-]. The lowest BCUT2D eigenvalue weighted by Gasteiger charge is -2.12. The number of hydrogen-bond acceptors (Lipinski definition) is 3. The van der Waals surface area contributed by atoms with Crippen LogP contribution in [0.15, 0.2) is 41.6 Å². The summed E-state index contributed by atoms with van der Waals surface area (Å²) in [4.78, 5) is 16.1. The first kappa shape index (κ1) is 21.3. The van der Waals surface area contributed by atoms with Crippen molar-refractivity contribution in [1.29, 1.82) is 0 Å². The summed E-state index contributed by atoms with van der Waals surface area (Å²) < 4.78 is 0. The Morgan fingerprint density at radius 1 is 1.43 bits per heavy atom. The first-order valence-electron chi connectivity index (χ1n) is 7.12. The summed E-state index contributed by atoms with van der Waals surface area (Å²) in [6, 6.07) is 9.43. The second-order valence-electron chi connectivity index (χ2n) is 5.18. The number of amides is 1. The van der Waals surface area contributed by atoms with Crippen molar-refractivity contribution >= 4 is 35.4 Å². The molecule has 1 amide bonds. The topological polar surface area (TPSA) is 82.0 Å². The van der Waals surface area contributed by atoms with Crippen LogP contribution in [0, 0.1) is 5.92 Å². The van der Waals surface area contributed by atoms with Crippen LogP contribution >= 0.6 is 12.4 Å². The molecule has 1 aromatic heterocycles. The Morgan fingerprint density at radius 3 is 2.87 bits per heavy atom. The fraction of sp³-hybridized carbons (Fsp3) is 0.312. The van der Waals surface area contributed by atoms with Gasteiger partial charge in [-0.2, -0.15) is 5.10 Å². The molecule has 2 aromatic rings. The number of benzene rings is 1. The third kappa shape index (κ3) is 5.78. The molecular weight excluding hydrogens is 335 g/mol. The molecule has 0 spiro atoms. The maximum absolute atomic E-state index is 11.8. The first-order chi connectivity index (χ1) is 10.1. The Kier molecular flexibility index (Phi) is 9.41. The van der Waals surface area contributed by atoms with Crippen molar-refractivity contribution < 1.29 is 22.9 Å². The lowest BCUT2D eigenvalue weighted by molar-refractivity contribution is -0.415. The highest BCUT2D eigenvalue weighted by Gasteiger charge is 2.22. The molecular formula is C16H22Cl2N4O. The molecule has 126 valence electrons. The van der Waals surface area contributed by atoms with E-state index < -0.39 is 0 Å². The molecule has 1 unspecified atom stereocenters. The number of nitrogens with zero attached hydrogens (tertiary/aromatic N) is 2. The molecule has 0 fully saturated rings. The molecule has 2 rings (SSSR count). The van der Waals surface area contributed by atoms with Crippen LogP contribution in [0.1, 0.15) is 25.8 Å². The van der Waals surface area contributed by atoms with Crippen LogP contribution in [0.2, 0.25) is 0 Å². The third-order valence-corrected chi connectivity index (χ3v) is 3.68. The van der Waals surface area contributed by atoms with Crippen molar-refractivity contribution in [2.24, 2.45) is 11.0 Å². The van der Waals surface area contributed by atoms with E-state index in [2.05, 4.69) is 21.2 Å². The molecule has 0 saturated carbocycles. The van der Waals surface area contributed by atoms with E-state index in [4.69, 9.17) is 0 Å². The number of carbonyl (C=O) groups excluding carboxylic acids is 1. The zero-order valence-corrected chi connectivity index (χ0v) is 14.8. The average molecular weight is 357 g/mol. The van der Waals surface area contributed by atoms with Crippen molar-refractivity contribution in [3.63, 3.8) is 0 Å². The number of carbonyl (C=O) groups is 1. The molecule has 2 atom stereocenters. The van der Waals surface area contributed by atoms with Crippen molar-refractivity contribution in [2.45, 2.75) is 26.3 Å². The van der Waals surface area contributed by atoms with Gasteiger partial charge in [-0.3, -0.25) is 9.78 Å². The summed E-state index contributed by atoms with van der Waals surface area (Å²) in [6.45, 7) is 4.06. The van der Waals surface area contributed by atoms with Gasteiger partial charge < -0.3 is 18.1 Å². The van der Waals surface area contributed by atoms with Crippen LogP contribution < -0.4 is 23.6 Å². The van der Waals surface area contributed by atoms with Gasteiger partial charge in [0.15, 0.2) is 6.04 Å². The van der Waals surface area contributed by atoms with Gasteiger partial charge in [-0.15, -0.1) is 12.4 Å². The van der Waals surface area contributed by atoms with Crippen LogP contribution in [0.5, 0.6) is 0 Å². The number of rotatable bonds is 5. The Labute approximate surface area is 148 Å². The van der Waals surface area contributed by atoms with Crippen molar-refractivity contribution in [3.05, 3.63) is 42.1 Å². The van der Waals surface area contributed by atoms with Gasteiger partial charge in [-0.1, -0.05) is 26.0 Å². The molecule has 5 nitrogen and oxygen atoms in total. The van der Waals surface area contributed by atoms with Gasteiger partial charge in [-0.05, 0) is 30.2 Å². The fourth-order valence-electron chi connectivity index (χ4n) is 1.97. The summed E-state index contributed by atoms with van der Waals surface area (Å²) >= 11 is 0. The zero-order valence-electron chi connectivity index (χ0n) is 13.2. The summed E-state index contributed by atoms with van der Waals surface area (Å²) in [7, 11) is 0. The van der Waals surface area contributed by atoms with E-state index in [0.29, 0.717) is 0 Å². The molecule has 1 heterocycles. The van der Waals surface area contributed by atoms with Crippen molar-refractivity contribution in [2.75, 3.05) is 0 Å². The van der Waals surface area contributed by atoms with Gasteiger partial charge in [0.2, 0.25) is 0 Å². The van der Waals surface area contributed by atoms with Crippen molar-refractivity contribution in [3.8, 4) is 0 Å². The minimum atomic E-state index is -0.284.